The number of aromatic carboxylic acids is 1. The van der Waals surface area contributed by atoms with E-state index in [1.807, 2.05) is 36.4 Å². The summed E-state index contributed by atoms with van der Waals surface area (Å²) in [4.78, 5) is 24.1. The second-order valence-electron chi connectivity index (χ2n) is 5.93. The van der Waals surface area contributed by atoms with Gasteiger partial charge in [-0.3, -0.25) is 4.79 Å². The average molecular weight is 451 g/mol. The van der Waals surface area contributed by atoms with E-state index >= 15 is 0 Å². The summed E-state index contributed by atoms with van der Waals surface area (Å²) in [7, 11) is 1.47. The molecule has 1 N–H and O–H groups in total. The molecule has 1 amide bonds. The van der Waals surface area contributed by atoms with Crippen LogP contribution in [0.4, 0.5) is 5.69 Å². The van der Waals surface area contributed by atoms with Crippen molar-refractivity contribution in [2.45, 2.75) is 0 Å². The molecule has 0 radical (unpaired) electrons. The largest absolute Gasteiger partial charge is 0.494 e. The molecule has 0 fully saturated rings. The Bertz CT molecular complexity index is 1060. The van der Waals surface area contributed by atoms with Crippen molar-refractivity contribution in [3.63, 3.8) is 0 Å². The second-order valence-corrected chi connectivity index (χ2v) is 7.08. The highest BCUT2D eigenvalue weighted by Crippen LogP contribution is 2.40. The van der Waals surface area contributed by atoms with Crippen LogP contribution in [0.15, 0.2) is 60.7 Å². The van der Waals surface area contributed by atoms with Gasteiger partial charge in [0.1, 0.15) is 5.69 Å². The van der Waals surface area contributed by atoms with Crippen LogP contribution < -0.4 is 9.16 Å². The molecule has 5 nitrogen and oxygen atoms in total. The first-order valence-corrected chi connectivity index (χ1v) is 9.39. The number of nitrogens with zero attached hydrogens (tertiary/aromatic N) is 1. The van der Waals surface area contributed by atoms with Crippen LogP contribution in [0.2, 0.25) is 10.0 Å². The Hall–Kier alpha value is -2.73. The van der Waals surface area contributed by atoms with Crippen molar-refractivity contribution in [1.82, 2.24) is 0 Å². The van der Waals surface area contributed by atoms with E-state index in [0.717, 1.165) is 27.7 Å². The molecule has 3 rings (SSSR count). The van der Waals surface area contributed by atoms with E-state index in [1.54, 1.807) is 12.1 Å². The molecular formula is C21H14Cl3NO4. The summed E-state index contributed by atoms with van der Waals surface area (Å²) in [5.41, 5.74) is 1.66. The maximum absolute atomic E-state index is 13.0. The van der Waals surface area contributed by atoms with Crippen LogP contribution in [0.3, 0.4) is 0 Å². The van der Waals surface area contributed by atoms with E-state index in [1.165, 1.54) is 7.11 Å². The molecule has 0 aliphatic heterocycles. The third-order valence-corrected chi connectivity index (χ3v) is 5.11. The number of methoxy groups -OCH3 is 1. The van der Waals surface area contributed by atoms with Gasteiger partial charge in [0.25, 0.3) is 5.91 Å². The van der Waals surface area contributed by atoms with Crippen LogP contribution in [0.5, 0.6) is 5.75 Å². The van der Waals surface area contributed by atoms with Gasteiger partial charge < -0.3 is 9.84 Å². The molecule has 0 unspecified atom stereocenters. The number of rotatable bonds is 5. The summed E-state index contributed by atoms with van der Waals surface area (Å²) in [6.45, 7) is 0. The summed E-state index contributed by atoms with van der Waals surface area (Å²) in [6.07, 6.45) is 0. The lowest BCUT2D eigenvalue weighted by Gasteiger charge is -2.20. The van der Waals surface area contributed by atoms with Gasteiger partial charge in [0, 0.05) is 17.3 Å². The highest BCUT2D eigenvalue weighted by Gasteiger charge is 2.26. The van der Waals surface area contributed by atoms with Gasteiger partial charge in [-0.05, 0) is 23.8 Å². The number of hydrogen-bond donors (Lipinski definition) is 1. The predicted octanol–water partition coefficient (Wildman–Crippen LogP) is 6.17. The number of carboxylic acid groups (broad SMARTS) is 1. The van der Waals surface area contributed by atoms with Gasteiger partial charge in [-0.15, -0.1) is 0 Å². The number of hydrogen-bond acceptors (Lipinski definition) is 3. The van der Waals surface area contributed by atoms with Crippen LogP contribution in [0.25, 0.3) is 11.1 Å². The molecule has 0 saturated carbocycles. The zero-order valence-electron chi connectivity index (χ0n) is 15.0. The predicted molar refractivity (Wildman–Crippen MR) is 115 cm³/mol. The van der Waals surface area contributed by atoms with Crippen molar-refractivity contribution < 1.29 is 19.4 Å². The SMILES string of the molecule is COc1c(-c2ccccc2)cccc1N(Cl)C(=O)c1c(Cl)cc(C(=O)O)cc1Cl. The zero-order chi connectivity index (χ0) is 21.1. The number of carbonyl (C=O) groups is 2. The number of para-hydroxylation sites is 1. The highest BCUT2D eigenvalue weighted by atomic mass is 35.5. The Kier molecular flexibility index (Phi) is 6.33. The topological polar surface area (TPSA) is 66.8 Å². The lowest BCUT2D eigenvalue weighted by atomic mass is 10.0. The van der Waals surface area contributed by atoms with Gasteiger partial charge in [-0.25, -0.2) is 9.21 Å². The van der Waals surface area contributed by atoms with Crippen LogP contribution in [-0.4, -0.2) is 24.1 Å². The number of benzene rings is 3. The van der Waals surface area contributed by atoms with E-state index in [2.05, 4.69) is 0 Å². The minimum atomic E-state index is -1.22. The van der Waals surface area contributed by atoms with E-state index in [9.17, 15) is 9.59 Å². The van der Waals surface area contributed by atoms with E-state index < -0.39 is 11.9 Å². The number of halogens is 3. The third kappa shape index (κ3) is 4.17. The van der Waals surface area contributed by atoms with Crippen LogP contribution >= 0.6 is 35.0 Å². The lowest BCUT2D eigenvalue weighted by molar-refractivity contribution is 0.0696. The Labute approximate surface area is 182 Å². The maximum Gasteiger partial charge on any atom is 0.335 e. The standard InChI is InChI=1S/C21H14Cl3NO4/c1-29-19-14(12-6-3-2-4-7-12)8-5-9-17(19)25(24)20(26)18-15(22)10-13(21(27)28)11-16(18)23/h2-11H,1H3,(H,27,28). The van der Waals surface area contributed by atoms with E-state index in [-0.39, 0.29) is 26.9 Å². The van der Waals surface area contributed by atoms with Gasteiger partial charge in [-0.1, -0.05) is 65.7 Å². The van der Waals surface area contributed by atoms with E-state index in [4.69, 9.17) is 44.8 Å². The molecule has 0 atom stereocenters. The van der Waals surface area contributed by atoms with Crippen molar-refractivity contribution in [2.24, 2.45) is 0 Å². The first kappa shape index (κ1) is 21.0. The fourth-order valence-electron chi connectivity index (χ4n) is 2.85. The molecule has 0 heterocycles. The fourth-order valence-corrected chi connectivity index (χ4v) is 3.71. The van der Waals surface area contributed by atoms with Crippen LogP contribution in [0, 0.1) is 0 Å². The molecule has 0 bridgehead atoms. The van der Waals surface area contributed by atoms with Crippen molar-refractivity contribution in [2.75, 3.05) is 11.5 Å². The number of anilines is 1. The Morgan fingerprint density at radius 3 is 2.14 bits per heavy atom. The first-order valence-electron chi connectivity index (χ1n) is 8.30. The van der Waals surface area contributed by atoms with Crippen LogP contribution in [-0.2, 0) is 0 Å². The summed E-state index contributed by atoms with van der Waals surface area (Å²) in [6, 6.07) is 16.9. The molecule has 0 aromatic heterocycles. The Balaban J connectivity index is 2.07. The van der Waals surface area contributed by atoms with Gasteiger partial charge >= 0.3 is 5.97 Å². The summed E-state index contributed by atoms with van der Waals surface area (Å²) in [5, 5.41) is 8.86. The molecule has 0 aliphatic carbocycles. The third-order valence-electron chi connectivity index (χ3n) is 4.18. The molecule has 0 saturated heterocycles. The normalized spacial score (nSPS) is 10.5. The van der Waals surface area contributed by atoms with Gasteiger partial charge in [0.15, 0.2) is 5.75 Å². The quantitative estimate of drug-likeness (QED) is 0.472. The van der Waals surface area contributed by atoms with Gasteiger partial charge in [-0.2, -0.15) is 0 Å². The molecule has 8 heteroatoms. The molecule has 3 aromatic rings. The summed E-state index contributed by atoms with van der Waals surface area (Å²) >= 11 is 18.6. The highest BCUT2D eigenvalue weighted by molar-refractivity contribution is 6.46. The smallest absolute Gasteiger partial charge is 0.335 e. The summed E-state index contributed by atoms with van der Waals surface area (Å²) < 4.78 is 6.37. The van der Waals surface area contributed by atoms with Crippen molar-refractivity contribution in [3.8, 4) is 16.9 Å². The maximum atomic E-state index is 13.0. The molecular weight excluding hydrogens is 437 g/mol. The minimum Gasteiger partial charge on any atom is -0.494 e. The molecule has 29 heavy (non-hydrogen) atoms. The molecule has 3 aromatic carbocycles. The Morgan fingerprint density at radius 2 is 1.59 bits per heavy atom. The minimum absolute atomic E-state index is 0.111. The van der Waals surface area contributed by atoms with Crippen LogP contribution in [0.1, 0.15) is 20.7 Å². The number of carbonyl (C=O) groups excluding carboxylic acids is 1. The monoisotopic (exact) mass is 449 g/mol. The molecule has 148 valence electrons. The number of ether oxygens (including phenoxy) is 1. The number of amides is 1. The lowest BCUT2D eigenvalue weighted by Crippen LogP contribution is -2.22. The molecule has 0 aliphatic rings. The fraction of sp³-hybridized carbons (Fsp3) is 0.0476. The number of carboxylic acids is 1. The van der Waals surface area contributed by atoms with Crippen molar-refractivity contribution in [3.05, 3.63) is 81.8 Å². The van der Waals surface area contributed by atoms with Gasteiger partial charge in [0.05, 0.1) is 28.3 Å². The van der Waals surface area contributed by atoms with Crippen molar-refractivity contribution in [1.29, 1.82) is 0 Å². The second kappa shape index (κ2) is 8.74. The van der Waals surface area contributed by atoms with Gasteiger partial charge in [0.2, 0.25) is 0 Å². The van der Waals surface area contributed by atoms with Crippen molar-refractivity contribution >= 4 is 52.5 Å². The van der Waals surface area contributed by atoms with E-state index in [0.29, 0.717) is 5.75 Å². The summed E-state index contributed by atoms with van der Waals surface area (Å²) in [5.74, 6) is -1.55. The first-order chi connectivity index (χ1) is 13.8. The Morgan fingerprint density at radius 1 is 0.966 bits per heavy atom. The zero-order valence-corrected chi connectivity index (χ0v) is 17.3. The molecule has 0 spiro atoms. The average Bonchev–Trinajstić information content (AvgIpc) is 2.72.